The van der Waals surface area contributed by atoms with E-state index in [-0.39, 0.29) is 0 Å². The Labute approximate surface area is 135 Å². The van der Waals surface area contributed by atoms with Crippen LogP contribution in [0.25, 0.3) is 0 Å². The molecule has 0 aromatic carbocycles. The summed E-state index contributed by atoms with van der Waals surface area (Å²) in [5, 5.41) is 7.29. The van der Waals surface area contributed by atoms with Crippen molar-refractivity contribution in [2.45, 2.75) is 71.5 Å². The van der Waals surface area contributed by atoms with Crippen LogP contribution in [0.3, 0.4) is 0 Å². The molecule has 1 aliphatic carbocycles. The molecule has 2 heterocycles. The van der Waals surface area contributed by atoms with Crippen LogP contribution in [0.5, 0.6) is 0 Å². The lowest BCUT2D eigenvalue weighted by atomic mass is 9.67. The fraction of sp³-hybridized carbons (Fsp3) is 0.833. The molecule has 0 unspecified atom stereocenters. The molecule has 4 heteroatoms. The molecule has 22 heavy (non-hydrogen) atoms. The minimum Gasteiger partial charge on any atom is -0.333 e. The zero-order valence-corrected chi connectivity index (χ0v) is 14.3. The summed E-state index contributed by atoms with van der Waals surface area (Å²) in [7, 11) is 0. The van der Waals surface area contributed by atoms with Gasteiger partial charge in [0.1, 0.15) is 0 Å². The molecule has 4 nitrogen and oxygen atoms in total. The second kappa shape index (κ2) is 7.14. The first-order valence-corrected chi connectivity index (χ1v) is 9.10. The zero-order valence-electron chi connectivity index (χ0n) is 14.3. The minimum atomic E-state index is 0.669. The van der Waals surface area contributed by atoms with Gasteiger partial charge >= 0.3 is 0 Å². The van der Waals surface area contributed by atoms with E-state index in [1.54, 1.807) is 0 Å². The van der Waals surface area contributed by atoms with Gasteiger partial charge in [-0.05, 0) is 62.9 Å². The Morgan fingerprint density at radius 1 is 1.27 bits per heavy atom. The highest BCUT2D eigenvalue weighted by molar-refractivity contribution is 4.99. The van der Waals surface area contributed by atoms with E-state index in [0.29, 0.717) is 17.4 Å². The lowest BCUT2D eigenvalue weighted by Crippen LogP contribution is -2.43. The molecule has 1 aliphatic heterocycles. The Morgan fingerprint density at radius 2 is 2.00 bits per heavy atom. The van der Waals surface area contributed by atoms with Crippen molar-refractivity contribution in [3.05, 3.63) is 18.2 Å². The molecule has 0 amide bonds. The number of rotatable bonds is 5. The molecule has 1 aromatic heterocycles. The third-order valence-corrected chi connectivity index (χ3v) is 5.64. The van der Waals surface area contributed by atoms with E-state index in [9.17, 15) is 0 Å². The summed E-state index contributed by atoms with van der Waals surface area (Å²) in [5.74, 6) is 0.669. The number of aromatic nitrogens is 2. The molecule has 2 fully saturated rings. The van der Waals surface area contributed by atoms with E-state index < -0.39 is 0 Å². The molecule has 1 spiro atoms. The van der Waals surface area contributed by atoms with E-state index in [1.807, 2.05) is 12.5 Å². The third-order valence-electron chi connectivity index (χ3n) is 5.64. The van der Waals surface area contributed by atoms with Gasteiger partial charge in [-0.25, -0.2) is 4.98 Å². The lowest BCUT2D eigenvalue weighted by molar-refractivity contribution is 0.115. The van der Waals surface area contributed by atoms with Gasteiger partial charge in [0.25, 0.3) is 0 Å². The Morgan fingerprint density at radius 3 is 2.68 bits per heavy atom. The number of imidazole rings is 1. The smallest absolute Gasteiger partial charge is 0.0948 e. The molecule has 1 aromatic rings. The van der Waals surface area contributed by atoms with Gasteiger partial charge in [0.15, 0.2) is 0 Å². The van der Waals surface area contributed by atoms with Gasteiger partial charge in [-0.3, -0.25) is 0 Å². The van der Waals surface area contributed by atoms with Gasteiger partial charge in [0.2, 0.25) is 0 Å². The van der Waals surface area contributed by atoms with Crippen molar-refractivity contribution in [2.75, 3.05) is 13.1 Å². The first-order valence-electron chi connectivity index (χ1n) is 9.10. The SMILES string of the molecule is CC(C)Cn1cncc1CNC1CCC2(CCNCC2)CC1. The number of hydrogen-bond donors (Lipinski definition) is 2. The molecule has 0 radical (unpaired) electrons. The number of hydrogen-bond acceptors (Lipinski definition) is 3. The van der Waals surface area contributed by atoms with Gasteiger partial charge < -0.3 is 15.2 Å². The second-order valence-corrected chi connectivity index (χ2v) is 7.84. The van der Waals surface area contributed by atoms with Crippen LogP contribution in [0, 0.1) is 11.3 Å². The zero-order chi connectivity index (χ0) is 15.4. The van der Waals surface area contributed by atoms with Crippen LogP contribution in [-0.2, 0) is 13.1 Å². The highest BCUT2D eigenvalue weighted by Gasteiger charge is 2.35. The predicted molar refractivity (Wildman–Crippen MR) is 90.7 cm³/mol. The van der Waals surface area contributed by atoms with Crippen LogP contribution in [-0.4, -0.2) is 28.7 Å². The van der Waals surface area contributed by atoms with Crippen LogP contribution in [0.1, 0.15) is 58.1 Å². The Balaban J connectivity index is 1.46. The average molecular weight is 304 g/mol. The van der Waals surface area contributed by atoms with Crippen molar-refractivity contribution in [3.8, 4) is 0 Å². The van der Waals surface area contributed by atoms with E-state index in [4.69, 9.17) is 0 Å². The summed E-state index contributed by atoms with van der Waals surface area (Å²) in [6, 6.07) is 0.697. The lowest BCUT2D eigenvalue weighted by Gasteiger charge is -2.43. The maximum absolute atomic E-state index is 4.32. The van der Waals surface area contributed by atoms with Crippen LogP contribution >= 0.6 is 0 Å². The molecule has 3 rings (SSSR count). The van der Waals surface area contributed by atoms with Crippen LogP contribution in [0.2, 0.25) is 0 Å². The first kappa shape index (κ1) is 16.0. The molecule has 124 valence electrons. The van der Waals surface area contributed by atoms with Crippen molar-refractivity contribution < 1.29 is 0 Å². The molecule has 1 saturated heterocycles. The molecule has 0 bridgehead atoms. The van der Waals surface area contributed by atoms with Crippen molar-refractivity contribution in [1.82, 2.24) is 20.2 Å². The monoisotopic (exact) mass is 304 g/mol. The average Bonchev–Trinajstić information content (AvgIpc) is 2.94. The largest absolute Gasteiger partial charge is 0.333 e. The van der Waals surface area contributed by atoms with E-state index in [2.05, 4.69) is 34.0 Å². The molecule has 1 saturated carbocycles. The Kier molecular flexibility index (Phi) is 5.19. The molecule has 2 N–H and O–H groups in total. The summed E-state index contributed by atoms with van der Waals surface area (Å²) in [6.07, 6.45) is 12.3. The fourth-order valence-electron chi connectivity index (χ4n) is 4.19. The standard InChI is InChI=1S/C18H32N4/c1-15(2)13-22-14-20-11-17(22)12-21-16-3-5-18(6-4-16)7-9-19-10-8-18/h11,14-16,19,21H,3-10,12-13H2,1-2H3. The van der Waals surface area contributed by atoms with Crippen LogP contribution < -0.4 is 10.6 Å². The Bertz CT molecular complexity index is 449. The fourth-order valence-corrected chi connectivity index (χ4v) is 4.19. The van der Waals surface area contributed by atoms with Gasteiger partial charge in [-0.1, -0.05) is 13.8 Å². The summed E-state index contributed by atoms with van der Waals surface area (Å²) >= 11 is 0. The van der Waals surface area contributed by atoms with E-state index in [0.717, 1.165) is 13.1 Å². The quantitative estimate of drug-likeness (QED) is 0.879. The van der Waals surface area contributed by atoms with Gasteiger partial charge in [0, 0.05) is 25.3 Å². The van der Waals surface area contributed by atoms with Crippen molar-refractivity contribution in [1.29, 1.82) is 0 Å². The van der Waals surface area contributed by atoms with Crippen molar-refractivity contribution >= 4 is 0 Å². The third kappa shape index (κ3) is 3.90. The summed E-state index contributed by atoms with van der Waals surface area (Å²) < 4.78 is 2.30. The number of nitrogens with zero attached hydrogens (tertiary/aromatic N) is 2. The Hall–Kier alpha value is -0.870. The maximum Gasteiger partial charge on any atom is 0.0948 e. The topological polar surface area (TPSA) is 41.9 Å². The van der Waals surface area contributed by atoms with E-state index in [1.165, 1.54) is 57.3 Å². The van der Waals surface area contributed by atoms with Crippen molar-refractivity contribution in [2.24, 2.45) is 11.3 Å². The van der Waals surface area contributed by atoms with Gasteiger partial charge in [0.05, 0.1) is 12.0 Å². The second-order valence-electron chi connectivity index (χ2n) is 7.84. The maximum atomic E-state index is 4.32. The molecule has 0 atom stereocenters. The highest BCUT2D eigenvalue weighted by Crippen LogP contribution is 2.43. The van der Waals surface area contributed by atoms with Crippen molar-refractivity contribution in [3.63, 3.8) is 0 Å². The molecule has 2 aliphatic rings. The predicted octanol–water partition coefficient (Wildman–Crippen LogP) is 2.94. The summed E-state index contributed by atoms with van der Waals surface area (Å²) in [6.45, 7) is 9.01. The normalized spacial score (nSPS) is 22.5. The van der Waals surface area contributed by atoms with E-state index >= 15 is 0 Å². The number of piperidine rings is 1. The molecular weight excluding hydrogens is 272 g/mol. The highest BCUT2D eigenvalue weighted by atomic mass is 15.1. The minimum absolute atomic E-state index is 0.669. The van der Waals surface area contributed by atoms with Gasteiger partial charge in [-0.2, -0.15) is 0 Å². The molecular formula is C18H32N4. The summed E-state index contributed by atoms with van der Waals surface area (Å²) in [4.78, 5) is 4.32. The van der Waals surface area contributed by atoms with Crippen LogP contribution in [0.4, 0.5) is 0 Å². The summed E-state index contributed by atoms with van der Waals surface area (Å²) in [5.41, 5.74) is 2.00. The number of nitrogens with one attached hydrogen (secondary N) is 2. The van der Waals surface area contributed by atoms with Gasteiger partial charge in [-0.15, -0.1) is 0 Å². The first-order chi connectivity index (χ1) is 10.7. The van der Waals surface area contributed by atoms with Crippen LogP contribution in [0.15, 0.2) is 12.5 Å².